The fraction of sp³-hybridized carbons (Fsp3) is 0.429. The quantitative estimate of drug-likeness (QED) is 0.807. The molecule has 0 saturated carbocycles. The third-order valence-electron chi connectivity index (χ3n) is 3.34. The van der Waals surface area contributed by atoms with E-state index in [4.69, 9.17) is 4.74 Å². The number of nitrogens with one attached hydrogen (secondary N) is 1. The fourth-order valence-electron chi connectivity index (χ4n) is 2.37. The molecule has 1 heterocycles. The molecule has 102 valence electrons. The summed E-state index contributed by atoms with van der Waals surface area (Å²) in [5.74, 6) is -0.310. The number of hydrogen-bond donors (Lipinski definition) is 1. The molecule has 5 nitrogen and oxygen atoms in total. The standard InChI is InChI=1S/C14H18N2O3/c1-10(17)16-7-6-15-9-13(16)11-4-3-5-12(8-11)14(18)19-2/h3-5,8,13,15H,6-7,9H2,1-2H3. The molecule has 1 saturated heterocycles. The second-order valence-electron chi connectivity index (χ2n) is 4.55. The van der Waals surface area contributed by atoms with Crippen molar-refractivity contribution >= 4 is 11.9 Å². The van der Waals surface area contributed by atoms with Crippen molar-refractivity contribution in [2.45, 2.75) is 13.0 Å². The summed E-state index contributed by atoms with van der Waals surface area (Å²) in [5.41, 5.74) is 1.46. The maximum Gasteiger partial charge on any atom is 0.337 e. The van der Waals surface area contributed by atoms with Crippen LogP contribution in [-0.2, 0) is 9.53 Å². The van der Waals surface area contributed by atoms with E-state index >= 15 is 0 Å². The monoisotopic (exact) mass is 262 g/mol. The van der Waals surface area contributed by atoms with Crippen molar-refractivity contribution in [1.29, 1.82) is 0 Å². The number of methoxy groups -OCH3 is 1. The third-order valence-corrected chi connectivity index (χ3v) is 3.34. The van der Waals surface area contributed by atoms with Crippen LogP contribution in [0.5, 0.6) is 0 Å². The number of nitrogens with zero attached hydrogens (tertiary/aromatic N) is 1. The number of esters is 1. The molecule has 1 unspecified atom stereocenters. The first-order chi connectivity index (χ1) is 9.13. The Hall–Kier alpha value is -1.88. The normalized spacial score (nSPS) is 19.1. The number of rotatable bonds is 2. The van der Waals surface area contributed by atoms with E-state index in [1.165, 1.54) is 7.11 Å². The molecule has 5 heteroatoms. The van der Waals surface area contributed by atoms with Crippen LogP contribution in [-0.4, -0.2) is 43.5 Å². The van der Waals surface area contributed by atoms with E-state index in [1.54, 1.807) is 19.1 Å². The number of carbonyl (C=O) groups is 2. The van der Waals surface area contributed by atoms with E-state index in [9.17, 15) is 9.59 Å². The second-order valence-corrected chi connectivity index (χ2v) is 4.55. The maximum absolute atomic E-state index is 11.7. The molecule has 1 fully saturated rings. The zero-order valence-electron chi connectivity index (χ0n) is 11.2. The van der Waals surface area contributed by atoms with E-state index in [1.807, 2.05) is 17.0 Å². The molecule has 0 aliphatic carbocycles. The van der Waals surface area contributed by atoms with Gasteiger partial charge in [0.1, 0.15) is 0 Å². The molecule has 1 N–H and O–H groups in total. The Labute approximate surface area is 112 Å². The van der Waals surface area contributed by atoms with Crippen LogP contribution >= 0.6 is 0 Å². The van der Waals surface area contributed by atoms with E-state index in [0.717, 1.165) is 12.1 Å². The smallest absolute Gasteiger partial charge is 0.337 e. The van der Waals surface area contributed by atoms with Crippen molar-refractivity contribution in [2.75, 3.05) is 26.7 Å². The van der Waals surface area contributed by atoms with Crippen LogP contribution in [0, 0.1) is 0 Å². The summed E-state index contributed by atoms with van der Waals surface area (Å²) in [6.45, 7) is 3.75. The lowest BCUT2D eigenvalue weighted by atomic mass is 10.0. The average Bonchev–Trinajstić information content (AvgIpc) is 2.46. The molecule has 0 aromatic heterocycles. The fourth-order valence-corrected chi connectivity index (χ4v) is 2.37. The van der Waals surface area contributed by atoms with Crippen molar-refractivity contribution in [3.63, 3.8) is 0 Å². The molecule has 1 aromatic carbocycles. The second kappa shape index (κ2) is 5.84. The SMILES string of the molecule is COC(=O)c1cccc(C2CNCCN2C(C)=O)c1. The van der Waals surface area contributed by atoms with Crippen molar-refractivity contribution < 1.29 is 14.3 Å². The summed E-state index contributed by atoms with van der Waals surface area (Å²) < 4.78 is 4.72. The lowest BCUT2D eigenvalue weighted by molar-refractivity contribution is -0.132. The number of carbonyl (C=O) groups excluding carboxylic acids is 2. The van der Waals surface area contributed by atoms with Crippen LogP contribution in [0.4, 0.5) is 0 Å². The Morgan fingerprint density at radius 1 is 1.42 bits per heavy atom. The molecule has 1 amide bonds. The Balaban J connectivity index is 2.29. The Morgan fingerprint density at radius 2 is 2.21 bits per heavy atom. The van der Waals surface area contributed by atoms with Gasteiger partial charge in [0.05, 0.1) is 18.7 Å². The van der Waals surface area contributed by atoms with Gasteiger partial charge in [0.2, 0.25) is 5.91 Å². The van der Waals surface area contributed by atoms with Crippen molar-refractivity contribution in [2.24, 2.45) is 0 Å². The van der Waals surface area contributed by atoms with Gasteiger partial charge >= 0.3 is 5.97 Å². The molecule has 1 aliphatic heterocycles. The van der Waals surface area contributed by atoms with Gasteiger partial charge in [0.15, 0.2) is 0 Å². The summed E-state index contributed by atoms with van der Waals surface area (Å²) in [7, 11) is 1.36. The third kappa shape index (κ3) is 2.93. The lowest BCUT2D eigenvalue weighted by Gasteiger charge is -2.36. The molecule has 1 aromatic rings. The van der Waals surface area contributed by atoms with E-state index in [2.05, 4.69) is 5.32 Å². The van der Waals surface area contributed by atoms with Crippen LogP contribution in [0.15, 0.2) is 24.3 Å². The Morgan fingerprint density at radius 3 is 2.89 bits per heavy atom. The summed E-state index contributed by atoms with van der Waals surface area (Å²) in [4.78, 5) is 25.0. The molecular formula is C14H18N2O3. The van der Waals surface area contributed by atoms with Gasteiger partial charge < -0.3 is 15.0 Å². The molecule has 0 bridgehead atoms. The first-order valence-corrected chi connectivity index (χ1v) is 6.29. The highest BCUT2D eigenvalue weighted by Crippen LogP contribution is 2.23. The van der Waals surface area contributed by atoms with Crippen LogP contribution in [0.25, 0.3) is 0 Å². The zero-order chi connectivity index (χ0) is 13.8. The van der Waals surface area contributed by atoms with Gasteiger partial charge in [0, 0.05) is 26.6 Å². The molecular weight excluding hydrogens is 244 g/mol. The molecule has 1 atom stereocenters. The van der Waals surface area contributed by atoms with E-state index in [0.29, 0.717) is 18.7 Å². The minimum Gasteiger partial charge on any atom is -0.465 e. The molecule has 1 aliphatic rings. The zero-order valence-corrected chi connectivity index (χ0v) is 11.2. The topological polar surface area (TPSA) is 58.6 Å². The number of hydrogen-bond acceptors (Lipinski definition) is 4. The van der Waals surface area contributed by atoms with Gasteiger partial charge in [-0.3, -0.25) is 4.79 Å². The number of ether oxygens (including phenoxy) is 1. The van der Waals surface area contributed by atoms with Gasteiger partial charge in [-0.15, -0.1) is 0 Å². The van der Waals surface area contributed by atoms with E-state index in [-0.39, 0.29) is 17.9 Å². The van der Waals surface area contributed by atoms with Gasteiger partial charge in [0.25, 0.3) is 0 Å². The molecule has 2 rings (SSSR count). The van der Waals surface area contributed by atoms with Gasteiger partial charge in [-0.25, -0.2) is 4.79 Å². The average molecular weight is 262 g/mol. The van der Waals surface area contributed by atoms with Gasteiger partial charge in [-0.1, -0.05) is 12.1 Å². The summed E-state index contributed by atoms with van der Waals surface area (Å²) >= 11 is 0. The lowest BCUT2D eigenvalue weighted by Crippen LogP contribution is -2.47. The van der Waals surface area contributed by atoms with Crippen LogP contribution in [0.3, 0.4) is 0 Å². The minimum absolute atomic E-state index is 0.0316. The highest BCUT2D eigenvalue weighted by atomic mass is 16.5. The first-order valence-electron chi connectivity index (χ1n) is 6.29. The predicted molar refractivity (Wildman–Crippen MR) is 70.8 cm³/mol. The molecule has 0 spiro atoms. The highest BCUT2D eigenvalue weighted by molar-refractivity contribution is 5.89. The van der Waals surface area contributed by atoms with Crippen molar-refractivity contribution in [3.8, 4) is 0 Å². The highest BCUT2D eigenvalue weighted by Gasteiger charge is 2.26. The van der Waals surface area contributed by atoms with Crippen LogP contribution < -0.4 is 5.32 Å². The van der Waals surface area contributed by atoms with Crippen LogP contribution in [0.2, 0.25) is 0 Å². The number of amides is 1. The van der Waals surface area contributed by atoms with Crippen molar-refractivity contribution in [1.82, 2.24) is 10.2 Å². The predicted octanol–water partition coefficient (Wildman–Crippen LogP) is 0.966. The summed E-state index contributed by atoms with van der Waals surface area (Å²) in [6.07, 6.45) is 0. The van der Waals surface area contributed by atoms with Crippen LogP contribution in [0.1, 0.15) is 28.9 Å². The molecule has 0 radical (unpaired) electrons. The Bertz CT molecular complexity index is 487. The number of piperazine rings is 1. The van der Waals surface area contributed by atoms with Gasteiger partial charge in [-0.05, 0) is 17.7 Å². The largest absolute Gasteiger partial charge is 0.465 e. The Kier molecular flexibility index (Phi) is 4.16. The minimum atomic E-state index is -0.361. The number of benzene rings is 1. The van der Waals surface area contributed by atoms with Gasteiger partial charge in [-0.2, -0.15) is 0 Å². The summed E-state index contributed by atoms with van der Waals surface area (Å²) in [5, 5.41) is 3.27. The molecule has 19 heavy (non-hydrogen) atoms. The maximum atomic E-state index is 11.7. The van der Waals surface area contributed by atoms with E-state index < -0.39 is 0 Å². The van der Waals surface area contributed by atoms with Crippen molar-refractivity contribution in [3.05, 3.63) is 35.4 Å². The summed E-state index contributed by atoms with van der Waals surface area (Å²) in [6, 6.07) is 7.22. The first kappa shape index (κ1) is 13.5.